The van der Waals surface area contributed by atoms with E-state index in [4.69, 9.17) is 0 Å². The third-order valence-corrected chi connectivity index (χ3v) is 2.17. The van der Waals surface area contributed by atoms with Gasteiger partial charge in [0.05, 0.1) is 6.04 Å². The van der Waals surface area contributed by atoms with Gasteiger partial charge in [0, 0.05) is 0 Å². The first-order valence-electron chi connectivity index (χ1n) is 3.88. The normalized spacial score (nSPS) is 19.3. The van der Waals surface area contributed by atoms with Crippen molar-refractivity contribution in [3.63, 3.8) is 0 Å². The Labute approximate surface area is 63.4 Å². The quantitative estimate of drug-likeness (QED) is 0.623. The standard InChI is InChI=1S/C6H10N4O/c11-6-7-8-9-10(6)5-3-1-2-4-5/h5H,1-4H2,(H,7,9,11). The Bertz CT molecular complexity index is 283. The first kappa shape index (κ1) is 6.57. The summed E-state index contributed by atoms with van der Waals surface area (Å²) in [6.07, 6.45) is 4.52. The van der Waals surface area contributed by atoms with E-state index in [1.165, 1.54) is 17.5 Å². The number of rotatable bonds is 1. The molecule has 1 aliphatic rings. The van der Waals surface area contributed by atoms with Gasteiger partial charge in [0.1, 0.15) is 0 Å². The molecule has 0 atom stereocenters. The summed E-state index contributed by atoms with van der Waals surface area (Å²) in [5, 5.41) is 9.43. The molecule has 5 nitrogen and oxygen atoms in total. The van der Waals surface area contributed by atoms with Gasteiger partial charge in [-0.3, -0.25) is 0 Å². The van der Waals surface area contributed by atoms with Gasteiger partial charge in [-0.1, -0.05) is 12.8 Å². The van der Waals surface area contributed by atoms with Gasteiger partial charge in [0.2, 0.25) is 0 Å². The zero-order chi connectivity index (χ0) is 7.68. The van der Waals surface area contributed by atoms with Crippen molar-refractivity contribution in [2.45, 2.75) is 31.7 Å². The highest BCUT2D eigenvalue weighted by atomic mass is 16.2. The largest absolute Gasteiger partial charge is 0.361 e. The van der Waals surface area contributed by atoms with Crippen molar-refractivity contribution in [3.05, 3.63) is 10.5 Å². The highest BCUT2D eigenvalue weighted by molar-refractivity contribution is 4.72. The van der Waals surface area contributed by atoms with E-state index in [1.807, 2.05) is 0 Å². The van der Waals surface area contributed by atoms with Crippen LogP contribution < -0.4 is 5.69 Å². The van der Waals surface area contributed by atoms with Crippen LogP contribution in [-0.2, 0) is 0 Å². The summed E-state index contributed by atoms with van der Waals surface area (Å²) in [6.45, 7) is 0. The SMILES string of the molecule is O=c1[nH]nnn1C1CCCC1. The van der Waals surface area contributed by atoms with Crippen LogP contribution in [-0.4, -0.2) is 20.2 Å². The molecule has 0 aromatic carbocycles. The molecule has 0 amide bonds. The van der Waals surface area contributed by atoms with Crippen LogP contribution in [0.5, 0.6) is 0 Å². The average Bonchev–Trinajstić information content (AvgIpc) is 2.55. The van der Waals surface area contributed by atoms with Gasteiger partial charge < -0.3 is 0 Å². The third kappa shape index (κ3) is 1.06. The molecule has 60 valence electrons. The summed E-state index contributed by atoms with van der Waals surface area (Å²) in [7, 11) is 0. The number of nitrogens with zero attached hydrogens (tertiary/aromatic N) is 3. The Balaban J connectivity index is 2.28. The van der Waals surface area contributed by atoms with E-state index in [2.05, 4.69) is 15.5 Å². The van der Waals surface area contributed by atoms with Crippen molar-refractivity contribution in [1.82, 2.24) is 20.2 Å². The number of aromatic nitrogens is 4. The van der Waals surface area contributed by atoms with Crippen LogP contribution in [0, 0.1) is 0 Å². The maximum Gasteiger partial charge on any atom is 0.361 e. The van der Waals surface area contributed by atoms with Gasteiger partial charge in [-0.15, -0.1) is 0 Å². The highest BCUT2D eigenvalue weighted by Gasteiger charge is 2.19. The van der Waals surface area contributed by atoms with E-state index in [0.717, 1.165) is 12.8 Å². The van der Waals surface area contributed by atoms with Crippen LogP contribution in [0.1, 0.15) is 31.7 Å². The van der Waals surface area contributed by atoms with Crippen LogP contribution >= 0.6 is 0 Å². The van der Waals surface area contributed by atoms with Crippen LogP contribution in [0.2, 0.25) is 0 Å². The lowest BCUT2D eigenvalue weighted by atomic mass is 10.3. The first-order valence-corrected chi connectivity index (χ1v) is 3.88. The molecule has 0 spiro atoms. The fraction of sp³-hybridized carbons (Fsp3) is 0.833. The van der Waals surface area contributed by atoms with E-state index in [0.29, 0.717) is 6.04 Å². The molecule has 0 saturated heterocycles. The molecule has 2 rings (SSSR count). The smallest absolute Gasteiger partial charge is 0.245 e. The minimum absolute atomic E-state index is 0.183. The lowest BCUT2D eigenvalue weighted by Crippen LogP contribution is -2.21. The van der Waals surface area contributed by atoms with Crippen LogP contribution in [0.3, 0.4) is 0 Å². The molecule has 0 bridgehead atoms. The van der Waals surface area contributed by atoms with Crippen molar-refractivity contribution >= 4 is 0 Å². The van der Waals surface area contributed by atoms with E-state index < -0.39 is 0 Å². The summed E-state index contributed by atoms with van der Waals surface area (Å²) in [5.41, 5.74) is -0.183. The Morgan fingerprint density at radius 2 is 2.18 bits per heavy atom. The Morgan fingerprint density at radius 1 is 1.45 bits per heavy atom. The predicted molar refractivity (Wildman–Crippen MR) is 38.1 cm³/mol. The number of aromatic amines is 1. The fourth-order valence-corrected chi connectivity index (χ4v) is 1.59. The molecule has 1 aromatic heterocycles. The van der Waals surface area contributed by atoms with Crippen molar-refractivity contribution < 1.29 is 0 Å². The molecular formula is C6H10N4O. The molecule has 0 unspecified atom stereocenters. The minimum Gasteiger partial charge on any atom is -0.245 e. The van der Waals surface area contributed by atoms with Crippen LogP contribution in [0.15, 0.2) is 4.79 Å². The number of hydrogen-bond donors (Lipinski definition) is 1. The molecule has 1 N–H and O–H groups in total. The molecule has 1 saturated carbocycles. The lowest BCUT2D eigenvalue weighted by molar-refractivity contribution is 0.442. The third-order valence-electron chi connectivity index (χ3n) is 2.17. The molecule has 0 radical (unpaired) electrons. The summed E-state index contributed by atoms with van der Waals surface area (Å²) < 4.78 is 1.45. The van der Waals surface area contributed by atoms with Gasteiger partial charge in [-0.25, -0.2) is 9.89 Å². The van der Waals surface area contributed by atoms with E-state index in [1.54, 1.807) is 0 Å². The second-order valence-electron chi connectivity index (χ2n) is 2.89. The Morgan fingerprint density at radius 3 is 2.73 bits per heavy atom. The molecule has 11 heavy (non-hydrogen) atoms. The van der Waals surface area contributed by atoms with Crippen LogP contribution in [0.25, 0.3) is 0 Å². The second-order valence-corrected chi connectivity index (χ2v) is 2.89. The first-order chi connectivity index (χ1) is 5.38. The molecule has 5 heteroatoms. The molecule has 1 aliphatic carbocycles. The summed E-state index contributed by atoms with van der Waals surface area (Å²) >= 11 is 0. The van der Waals surface area contributed by atoms with Gasteiger partial charge >= 0.3 is 5.69 Å². The van der Waals surface area contributed by atoms with E-state index in [9.17, 15) is 4.79 Å². The fourth-order valence-electron chi connectivity index (χ4n) is 1.59. The second kappa shape index (κ2) is 2.48. The topological polar surface area (TPSA) is 63.6 Å². The lowest BCUT2D eigenvalue weighted by Gasteiger charge is -2.04. The van der Waals surface area contributed by atoms with Gasteiger partial charge in [0.15, 0.2) is 0 Å². The maximum atomic E-state index is 11.0. The van der Waals surface area contributed by atoms with Gasteiger partial charge in [0.25, 0.3) is 0 Å². The van der Waals surface area contributed by atoms with E-state index >= 15 is 0 Å². The average molecular weight is 154 g/mol. The monoisotopic (exact) mass is 154 g/mol. The van der Waals surface area contributed by atoms with Gasteiger partial charge in [-0.05, 0) is 23.3 Å². The molecular weight excluding hydrogens is 144 g/mol. The highest BCUT2D eigenvalue weighted by Crippen LogP contribution is 2.26. The molecule has 1 fully saturated rings. The summed E-state index contributed by atoms with van der Waals surface area (Å²) in [4.78, 5) is 11.0. The van der Waals surface area contributed by atoms with Crippen molar-refractivity contribution in [1.29, 1.82) is 0 Å². The number of nitrogens with one attached hydrogen (secondary N) is 1. The molecule has 0 aliphatic heterocycles. The Kier molecular flexibility index (Phi) is 1.48. The number of H-pyrrole nitrogens is 1. The van der Waals surface area contributed by atoms with Crippen molar-refractivity contribution in [2.75, 3.05) is 0 Å². The van der Waals surface area contributed by atoms with Crippen molar-refractivity contribution in [2.24, 2.45) is 0 Å². The minimum atomic E-state index is -0.183. The Hall–Kier alpha value is -1.13. The maximum absolute atomic E-state index is 11.0. The number of tetrazole rings is 1. The zero-order valence-electron chi connectivity index (χ0n) is 6.16. The van der Waals surface area contributed by atoms with E-state index in [-0.39, 0.29) is 5.69 Å². The molecule has 1 aromatic rings. The summed E-state index contributed by atoms with van der Waals surface area (Å²) in [5.74, 6) is 0. The predicted octanol–water partition coefficient (Wildman–Crippen LogP) is 0.0815. The summed E-state index contributed by atoms with van der Waals surface area (Å²) in [6, 6.07) is 0.293. The van der Waals surface area contributed by atoms with Gasteiger partial charge in [-0.2, -0.15) is 4.68 Å². The van der Waals surface area contributed by atoms with Crippen molar-refractivity contribution in [3.8, 4) is 0 Å². The number of hydrogen-bond acceptors (Lipinski definition) is 3. The van der Waals surface area contributed by atoms with Crippen LogP contribution in [0.4, 0.5) is 0 Å². The zero-order valence-corrected chi connectivity index (χ0v) is 6.16. The molecule has 1 heterocycles.